The molecular weight excluding hydrogens is 384 g/mol. The van der Waals surface area contributed by atoms with Gasteiger partial charge in [0.25, 0.3) is 0 Å². The maximum absolute atomic E-state index is 10.0. The molecule has 0 saturated carbocycles. The van der Waals surface area contributed by atoms with E-state index in [-0.39, 0.29) is 38.7 Å². The summed E-state index contributed by atoms with van der Waals surface area (Å²) in [5.41, 5.74) is -1.64. The van der Waals surface area contributed by atoms with E-state index in [1.165, 1.54) is 6.08 Å². The van der Waals surface area contributed by atoms with Crippen LogP contribution in [0.25, 0.3) is 0 Å². The van der Waals surface area contributed by atoms with Crippen LogP contribution in [0, 0.1) is 10.8 Å². The van der Waals surface area contributed by atoms with Crippen LogP contribution in [0.2, 0.25) is 0 Å². The number of carbonyl (C=O) groups excluding carboxylic acids is 1. The fraction of sp³-hybridized carbons (Fsp3) is 0.850. The Morgan fingerprint density at radius 3 is 1.85 bits per heavy atom. The van der Waals surface area contributed by atoms with Gasteiger partial charge >= 0.3 is 5.78 Å². The molecule has 0 aromatic carbocycles. The second-order valence-corrected chi connectivity index (χ2v) is 8.96. The summed E-state index contributed by atoms with van der Waals surface area (Å²) >= 11 is 0. The van der Waals surface area contributed by atoms with Gasteiger partial charge in [-0.3, -0.25) is 4.79 Å². The van der Waals surface area contributed by atoms with E-state index in [2.05, 4.69) is 0 Å². The molecule has 1 unspecified atom stereocenters. The number of rotatable bonds is 9. The van der Waals surface area contributed by atoms with Gasteiger partial charge in [-0.15, -0.1) is 0 Å². The molecule has 0 aliphatic carbocycles. The van der Waals surface area contributed by atoms with Crippen molar-refractivity contribution in [3.63, 3.8) is 0 Å². The van der Waals surface area contributed by atoms with Crippen molar-refractivity contribution in [3.05, 3.63) is 11.8 Å². The van der Waals surface area contributed by atoms with Crippen molar-refractivity contribution in [1.29, 1.82) is 0 Å². The van der Waals surface area contributed by atoms with E-state index in [9.17, 15) is 9.90 Å². The average molecular weight is 425 g/mol. The first-order valence-electron chi connectivity index (χ1n) is 8.97. The Bertz CT molecular complexity index is 431. The van der Waals surface area contributed by atoms with Gasteiger partial charge in [0.05, 0.1) is 43.0 Å². The third-order valence-corrected chi connectivity index (χ3v) is 3.42. The van der Waals surface area contributed by atoms with Crippen molar-refractivity contribution in [2.75, 3.05) is 26.9 Å². The topological polar surface area (TPSA) is 101 Å². The van der Waals surface area contributed by atoms with Crippen LogP contribution in [0.3, 0.4) is 0 Å². The number of allylic oxidation sites excluding steroid dienone is 1. The molecule has 0 radical (unpaired) electrons. The molecule has 1 atom stereocenters. The first-order chi connectivity index (χ1) is 11.5. The van der Waals surface area contributed by atoms with Crippen LogP contribution < -0.4 is 0 Å². The summed E-state index contributed by atoms with van der Waals surface area (Å²) in [6.07, 6.45) is 1.45. The first kappa shape index (κ1) is 31.5. The van der Waals surface area contributed by atoms with Gasteiger partial charge in [0.2, 0.25) is 0 Å². The SMILES string of the molecule is CC(O)CC(C)(C)O.COCCOCC(C)(C)C(O)=CC(=[OH+])C(C)(C)C.[Ti]. The van der Waals surface area contributed by atoms with Crippen molar-refractivity contribution < 1.29 is 51.3 Å². The van der Waals surface area contributed by atoms with Gasteiger partial charge in [0.15, 0.2) is 0 Å². The van der Waals surface area contributed by atoms with E-state index >= 15 is 0 Å². The van der Waals surface area contributed by atoms with E-state index in [1.54, 1.807) is 27.9 Å². The molecule has 0 spiro atoms. The van der Waals surface area contributed by atoms with Gasteiger partial charge in [0.1, 0.15) is 5.76 Å². The monoisotopic (exact) mass is 425 g/mol. The molecule has 0 bridgehead atoms. The van der Waals surface area contributed by atoms with E-state index in [1.807, 2.05) is 34.6 Å². The van der Waals surface area contributed by atoms with Crippen molar-refractivity contribution >= 4 is 5.78 Å². The van der Waals surface area contributed by atoms with Gasteiger partial charge in [-0.25, -0.2) is 0 Å². The quantitative estimate of drug-likeness (QED) is 0.173. The Hall–Kier alpha value is -0.236. The summed E-state index contributed by atoms with van der Waals surface area (Å²) in [5, 5.41) is 27.8. The molecule has 0 aromatic rings. The number of hydrogen-bond donors (Lipinski definition) is 3. The standard InChI is InChI=1S/C14H26O4.C6H14O2.Ti/c1-13(2,3)11(15)9-12(16)14(4,5)10-18-8-7-17-6;1-5(7)4-6(2,3)8;/h9,16H,7-8,10H2,1-6H3;5,7-8H,4H2,1-3H3;/p+1. The molecule has 0 saturated heterocycles. The molecule has 27 heavy (non-hydrogen) atoms. The molecule has 4 N–H and O–H groups in total. The second kappa shape index (κ2) is 13.9. The fourth-order valence-corrected chi connectivity index (χ4v) is 1.81. The molecule has 0 heterocycles. The number of hydrogen-bond acceptors (Lipinski definition) is 5. The summed E-state index contributed by atoms with van der Waals surface area (Å²) in [4.78, 5) is 9.85. The van der Waals surface area contributed by atoms with E-state index in [0.717, 1.165) is 0 Å². The zero-order valence-corrected chi connectivity index (χ0v) is 20.2. The molecular formula is C20H41O6Ti+. The van der Waals surface area contributed by atoms with E-state index < -0.39 is 17.1 Å². The Balaban J connectivity index is -0.000000542. The van der Waals surface area contributed by atoms with Gasteiger partial charge in [0, 0.05) is 40.7 Å². The summed E-state index contributed by atoms with van der Waals surface area (Å²) in [6.45, 7) is 15.8. The van der Waals surface area contributed by atoms with Gasteiger partial charge in [-0.05, 0) is 41.5 Å². The molecule has 0 aromatic heterocycles. The summed E-state index contributed by atoms with van der Waals surface area (Å²) < 4.78 is 10.3. The van der Waals surface area contributed by atoms with Crippen molar-refractivity contribution in [3.8, 4) is 0 Å². The van der Waals surface area contributed by atoms with Crippen LogP contribution >= 0.6 is 0 Å². The van der Waals surface area contributed by atoms with Crippen molar-refractivity contribution in [2.24, 2.45) is 10.8 Å². The van der Waals surface area contributed by atoms with Gasteiger partial charge in [-0.1, -0.05) is 13.8 Å². The van der Waals surface area contributed by atoms with Crippen molar-refractivity contribution in [2.45, 2.75) is 73.5 Å². The largest absolute Gasteiger partial charge is 0.511 e. The Morgan fingerprint density at radius 1 is 1.07 bits per heavy atom. The minimum absolute atomic E-state index is 0. The molecule has 0 aliphatic heterocycles. The van der Waals surface area contributed by atoms with Gasteiger partial charge < -0.3 is 24.8 Å². The molecule has 160 valence electrons. The summed E-state index contributed by atoms with van der Waals surface area (Å²) in [6, 6.07) is 0. The van der Waals surface area contributed by atoms with E-state index in [0.29, 0.717) is 26.2 Å². The number of ether oxygens (including phenoxy) is 2. The zero-order valence-electron chi connectivity index (χ0n) is 18.6. The third-order valence-electron chi connectivity index (χ3n) is 3.42. The third kappa shape index (κ3) is 18.9. The van der Waals surface area contributed by atoms with Crippen LogP contribution in [0.4, 0.5) is 0 Å². The number of aliphatic hydroxyl groups is 3. The minimum atomic E-state index is -0.728. The van der Waals surface area contributed by atoms with Crippen molar-refractivity contribution in [1.82, 2.24) is 0 Å². The first-order valence-corrected chi connectivity index (χ1v) is 8.97. The second-order valence-electron chi connectivity index (χ2n) is 8.96. The molecule has 7 heteroatoms. The normalized spacial score (nSPS) is 14.0. The predicted octanol–water partition coefficient (Wildman–Crippen LogP) is 3.23. The molecule has 0 rings (SSSR count). The maximum atomic E-state index is 10.0. The predicted molar refractivity (Wildman–Crippen MR) is 106 cm³/mol. The fourth-order valence-electron chi connectivity index (χ4n) is 1.81. The summed E-state index contributed by atoms with van der Waals surface area (Å²) in [7, 11) is 1.61. The Labute approximate surface area is 180 Å². The van der Waals surface area contributed by atoms with Crippen LogP contribution in [-0.4, -0.2) is 64.5 Å². The smallest absolute Gasteiger partial charge is 0.325 e. The molecule has 0 fully saturated rings. The minimum Gasteiger partial charge on any atom is -0.511 e. The Morgan fingerprint density at radius 2 is 1.56 bits per heavy atom. The molecule has 0 aliphatic rings. The number of ketones is 1. The van der Waals surface area contributed by atoms with Crippen LogP contribution in [-0.2, 0) is 31.2 Å². The Kier molecular flexibility index (Phi) is 16.1. The zero-order chi connectivity index (χ0) is 21.2. The van der Waals surface area contributed by atoms with Crippen LogP contribution in [0.1, 0.15) is 61.8 Å². The van der Waals surface area contributed by atoms with Crippen LogP contribution in [0.15, 0.2) is 11.8 Å². The molecule has 6 nitrogen and oxygen atoms in total. The van der Waals surface area contributed by atoms with E-state index in [4.69, 9.17) is 19.7 Å². The maximum Gasteiger partial charge on any atom is 0.325 e. The average Bonchev–Trinajstić information content (AvgIpc) is 2.40. The molecule has 0 amide bonds. The van der Waals surface area contributed by atoms with Gasteiger partial charge in [-0.2, -0.15) is 0 Å². The summed E-state index contributed by atoms with van der Waals surface area (Å²) in [5.74, 6) is 0.275. The number of methoxy groups -OCH3 is 1. The number of aliphatic hydroxyl groups excluding tert-OH is 2. The van der Waals surface area contributed by atoms with Crippen LogP contribution in [0.5, 0.6) is 0 Å².